The first-order valence-electron chi connectivity index (χ1n) is 11.4. The zero-order valence-electron chi connectivity index (χ0n) is 18.3. The van der Waals surface area contributed by atoms with Gasteiger partial charge in [0, 0.05) is 11.1 Å². The number of rotatable bonds is 2. The van der Waals surface area contributed by atoms with E-state index in [0.717, 1.165) is 35.4 Å². The van der Waals surface area contributed by atoms with E-state index in [9.17, 15) is 17.6 Å². The summed E-state index contributed by atoms with van der Waals surface area (Å²) in [6, 6.07) is 10.9. The van der Waals surface area contributed by atoms with Crippen LogP contribution in [-0.4, -0.2) is 0 Å². The number of hydrogen-bond acceptors (Lipinski definition) is 0. The molecule has 2 aliphatic rings. The molecule has 4 rings (SSSR count). The van der Waals surface area contributed by atoms with Crippen molar-refractivity contribution in [1.82, 2.24) is 0 Å². The van der Waals surface area contributed by atoms with Crippen molar-refractivity contribution < 1.29 is 17.6 Å². The number of benzene rings is 2. The van der Waals surface area contributed by atoms with Crippen molar-refractivity contribution in [3.05, 3.63) is 82.7 Å². The van der Waals surface area contributed by atoms with Gasteiger partial charge in [-0.05, 0) is 105 Å². The topological polar surface area (TPSA) is 0 Å². The highest BCUT2D eigenvalue weighted by molar-refractivity contribution is 5.45. The summed E-state index contributed by atoms with van der Waals surface area (Å²) in [5, 5.41) is 0. The van der Waals surface area contributed by atoms with Gasteiger partial charge >= 0.3 is 6.18 Å². The van der Waals surface area contributed by atoms with Gasteiger partial charge in [0.1, 0.15) is 5.82 Å². The molecule has 0 amide bonds. The van der Waals surface area contributed by atoms with Crippen molar-refractivity contribution in [2.75, 3.05) is 0 Å². The summed E-state index contributed by atoms with van der Waals surface area (Å²) in [4.78, 5) is 0. The van der Waals surface area contributed by atoms with E-state index in [0.29, 0.717) is 5.92 Å². The predicted octanol–water partition coefficient (Wildman–Crippen LogP) is 8.12. The molecular weight excluding hydrogens is 412 g/mol. The van der Waals surface area contributed by atoms with Crippen LogP contribution in [-0.2, 0) is 6.18 Å². The van der Waals surface area contributed by atoms with Crippen LogP contribution in [0.5, 0.6) is 0 Å². The fourth-order valence-electron chi connectivity index (χ4n) is 5.48. The maximum atomic E-state index is 13.7. The lowest BCUT2D eigenvalue weighted by Gasteiger charge is -2.41. The molecule has 0 spiro atoms. The van der Waals surface area contributed by atoms with Gasteiger partial charge in [-0.1, -0.05) is 36.1 Å². The first-order valence-corrected chi connectivity index (χ1v) is 11.4. The zero-order chi connectivity index (χ0) is 22.7. The van der Waals surface area contributed by atoms with Crippen LogP contribution in [0.4, 0.5) is 17.6 Å². The summed E-state index contributed by atoms with van der Waals surface area (Å²) < 4.78 is 51.8. The van der Waals surface area contributed by atoms with E-state index in [4.69, 9.17) is 0 Å². The molecule has 0 N–H and O–H groups in total. The normalized spacial score (nSPS) is 25.8. The summed E-state index contributed by atoms with van der Waals surface area (Å²) in [6.07, 6.45) is 7.60. The highest BCUT2D eigenvalue weighted by atomic mass is 19.4. The Kier molecular flexibility index (Phi) is 6.74. The quantitative estimate of drug-likeness (QED) is 0.251. The first-order chi connectivity index (χ1) is 15.3. The Bertz CT molecular complexity index is 1020. The fourth-order valence-corrected chi connectivity index (χ4v) is 5.48. The zero-order valence-corrected chi connectivity index (χ0v) is 18.3. The third-order valence-electron chi connectivity index (χ3n) is 7.13. The van der Waals surface area contributed by atoms with Gasteiger partial charge < -0.3 is 0 Å². The Labute approximate surface area is 187 Å². The molecular formula is C28H28F4. The van der Waals surface area contributed by atoms with Gasteiger partial charge in [-0.2, -0.15) is 13.2 Å². The lowest BCUT2D eigenvalue weighted by molar-refractivity contribution is -0.140. The molecule has 168 valence electrons. The summed E-state index contributed by atoms with van der Waals surface area (Å²) in [5.74, 6) is 7.43. The smallest absolute Gasteiger partial charge is 0.206 e. The molecule has 2 aliphatic carbocycles. The minimum Gasteiger partial charge on any atom is -0.206 e. The van der Waals surface area contributed by atoms with Crippen LogP contribution in [0, 0.1) is 35.4 Å². The maximum Gasteiger partial charge on any atom is 0.419 e. The largest absolute Gasteiger partial charge is 0.419 e. The summed E-state index contributed by atoms with van der Waals surface area (Å²) in [5.41, 5.74) is 1.07. The number of hydrogen-bond donors (Lipinski definition) is 0. The molecule has 0 radical (unpaired) electrons. The lowest BCUT2D eigenvalue weighted by atomic mass is 9.64. The molecule has 2 saturated carbocycles. The van der Waals surface area contributed by atoms with Gasteiger partial charge in [-0.25, -0.2) is 4.39 Å². The SMILES string of the molecule is C/C=C/C1CCC2CC(c3ccc(C#Cc4ccc(C(F)(F)F)c(F)c4)cc3)CCC2C1. The summed E-state index contributed by atoms with van der Waals surface area (Å²) in [7, 11) is 0. The van der Waals surface area contributed by atoms with Gasteiger partial charge in [0.25, 0.3) is 0 Å². The van der Waals surface area contributed by atoms with Gasteiger partial charge in [0.15, 0.2) is 0 Å². The van der Waals surface area contributed by atoms with Crippen molar-refractivity contribution in [2.24, 2.45) is 17.8 Å². The molecule has 0 aromatic heterocycles. The second-order valence-electron chi connectivity index (χ2n) is 9.19. The van der Waals surface area contributed by atoms with Crippen LogP contribution < -0.4 is 0 Å². The molecule has 0 bridgehead atoms. The van der Waals surface area contributed by atoms with Crippen molar-refractivity contribution in [3.8, 4) is 11.8 Å². The minimum atomic E-state index is -4.70. The standard InChI is InChI=1S/C28H28F4/c1-2-3-20-8-12-25-18-24(14-13-23(25)16-20)22-10-6-19(7-11-22)4-5-21-9-15-26(27(29)17-21)28(30,31)32/h2-3,6-7,9-11,15,17,20,23-25H,8,12-14,16,18H2,1H3/b3-2+. The van der Waals surface area contributed by atoms with Crippen LogP contribution in [0.15, 0.2) is 54.6 Å². The van der Waals surface area contributed by atoms with Crippen LogP contribution >= 0.6 is 0 Å². The van der Waals surface area contributed by atoms with Crippen LogP contribution in [0.25, 0.3) is 0 Å². The fraction of sp³-hybridized carbons (Fsp3) is 0.429. The Morgan fingerprint density at radius 2 is 1.50 bits per heavy atom. The van der Waals surface area contributed by atoms with E-state index in [1.165, 1.54) is 50.2 Å². The second-order valence-corrected chi connectivity index (χ2v) is 9.19. The molecule has 2 aromatic rings. The first kappa shape index (κ1) is 22.6. The van der Waals surface area contributed by atoms with Crippen molar-refractivity contribution in [2.45, 2.75) is 57.5 Å². The highest BCUT2D eigenvalue weighted by Gasteiger charge is 2.35. The van der Waals surface area contributed by atoms with E-state index in [1.54, 1.807) is 0 Å². The molecule has 0 heterocycles. The van der Waals surface area contributed by atoms with Crippen LogP contribution in [0.1, 0.15) is 73.6 Å². The van der Waals surface area contributed by atoms with E-state index in [2.05, 4.69) is 43.0 Å². The molecule has 2 aromatic carbocycles. The molecule has 0 nitrogen and oxygen atoms in total. The maximum absolute atomic E-state index is 13.7. The van der Waals surface area contributed by atoms with Crippen LogP contribution in [0.3, 0.4) is 0 Å². The lowest BCUT2D eigenvalue weighted by Crippen LogP contribution is -2.30. The van der Waals surface area contributed by atoms with Gasteiger partial charge in [0.2, 0.25) is 0 Å². The Morgan fingerprint density at radius 1 is 0.844 bits per heavy atom. The average Bonchev–Trinajstić information content (AvgIpc) is 2.77. The van der Waals surface area contributed by atoms with Crippen molar-refractivity contribution in [1.29, 1.82) is 0 Å². The van der Waals surface area contributed by atoms with Gasteiger partial charge in [-0.3, -0.25) is 0 Å². The Hall–Kier alpha value is -2.54. The van der Waals surface area contributed by atoms with Crippen molar-refractivity contribution in [3.63, 3.8) is 0 Å². The molecule has 32 heavy (non-hydrogen) atoms. The predicted molar refractivity (Wildman–Crippen MR) is 120 cm³/mol. The second kappa shape index (κ2) is 9.53. The number of halogens is 4. The minimum absolute atomic E-state index is 0.228. The van der Waals surface area contributed by atoms with E-state index in [-0.39, 0.29) is 5.56 Å². The summed E-state index contributed by atoms with van der Waals surface area (Å²) >= 11 is 0. The monoisotopic (exact) mass is 440 g/mol. The Morgan fingerprint density at radius 3 is 2.19 bits per heavy atom. The average molecular weight is 441 g/mol. The molecule has 4 heteroatoms. The highest BCUT2D eigenvalue weighted by Crippen LogP contribution is 2.47. The van der Waals surface area contributed by atoms with Gasteiger partial charge in [-0.15, -0.1) is 0 Å². The molecule has 4 atom stereocenters. The molecule has 0 saturated heterocycles. The number of fused-ring (bicyclic) bond motifs is 1. The van der Waals surface area contributed by atoms with E-state index in [1.807, 2.05) is 12.1 Å². The van der Waals surface area contributed by atoms with Crippen LogP contribution in [0.2, 0.25) is 0 Å². The van der Waals surface area contributed by atoms with Crippen molar-refractivity contribution >= 4 is 0 Å². The molecule has 4 unspecified atom stereocenters. The molecule has 0 aliphatic heterocycles. The van der Waals surface area contributed by atoms with E-state index >= 15 is 0 Å². The third kappa shape index (κ3) is 5.26. The third-order valence-corrected chi connectivity index (χ3v) is 7.13. The molecule has 2 fully saturated rings. The van der Waals surface area contributed by atoms with E-state index < -0.39 is 17.6 Å². The Balaban J connectivity index is 1.39. The summed E-state index contributed by atoms with van der Waals surface area (Å²) in [6.45, 7) is 2.11. The number of allylic oxidation sites excluding steroid dienone is 2. The number of alkyl halides is 3. The van der Waals surface area contributed by atoms with Gasteiger partial charge in [0.05, 0.1) is 5.56 Å².